The van der Waals surface area contributed by atoms with Crippen LogP contribution in [0.1, 0.15) is 4.88 Å². The van der Waals surface area contributed by atoms with Gasteiger partial charge in [-0.2, -0.15) is 0 Å². The molecule has 0 aliphatic heterocycles. The van der Waals surface area contributed by atoms with Gasteiger partial charge in [-0.3, -0.25) is 0 Å². The Hall–Kier alpha value is -0.740. The highest BCUT2D eigenvalue weighted by molar-refractivity contribution is 7.16. The fourth-order valence-electron chi connectivity index (χ4n) is 1.70. The lowest BCUT2D eigenvalue weighted by atomic mass is 10.2. The molecule has 0 aliphatic carbocycles. The molecule has 2 nitrogen and oxygen atoms in total. The summed E-state index contributed by atoms with van der Waals surface area (Å²) in [7, 11) is 1.93. The van der Waals surface area contributed by atoms with Gasteiger partial charge < -0.3 is 10.1 Å². The van der Waals surface area contributed by atoms with Crippen molar-refractivity contribution in [2.24, 2.45) is 0 Å². The quantitative estimate of drug-likeness (QED) is 0.859. The maximum atomic E-state index is 5.93. The molecule has 1 aromatic heterocycles. The highest BCUT2D eigenvalue weighted by Gasteiger charge is 2.10. The molecule has 2 rings (SSSR count). The topological polar surface area (TPSA) is 21.3 Å². The van der Waals surface area contributed by atoms with Gasteiger partial charge in [0.2, 0.25) is 0 Å². The number of halogens is 2. The molecule has 1 aromatic carbocycles. The van der Waals surface area contributed by atoms with E-state index < -0.39 is 0 Å². The third-order valence-corrected chi connectivity index (χ3v) is 4.22. The molecule has 0 saturated carbocycles. The fraction of sp³-hybridized carbons (Fsp3) is 0.286. The van der Waals surface area contributed by atoms with E-state index in [1.54, 1.807) is 11.3 Å². The SMILES string of the molecule is CNC(COc1cccc(Cl)c1)Cc1ccc(Cl)s1. The number of likely N-dealkylation sites (N-methyl/N-ethyl adjacent to an activating group) is 1. The average molecular weight is 316 g/mol. The zero-order valence-electron chi connectivity index (χ0n) is 10.5. The van der Waals surface area contributed by atoms with Crippen molar-refractivity contribution in [2.75, 3.05) is 13.7 Å². The zero-order chi connectivity index (χ0) is 13.7. The molecule has 0 saturated heterocycles. The van der Waals surface area contributed by atoms with Crippen molar-refractivity contribution in [3.05, 3.63) is 50.6 Å². The van der Waals surface area contributed by atoms with Crippen molar-refractivity contribution in [1.82, 2.24) is 5.32 Å². The van der Waals surface area contributed by atoms with Crippen molar-refractivity contribution in [2.45, 2.75) is 12.5 Å². The predicted molar refractivity (Wildman–Crippen MR) is 82.8 cm³/mol. The number of ether oxygens (including phenoxy) is 1. The summed E-state index contributed by atoms with van der Waals surface area (Å²) in [5.74, 6) is 0.789. The van der Waals surface area contributed by atoms with Crippen LogP contribution in [0.25, 0.3) is 0 Å². The molecule has 0 spiro atoms. The zero-order valence-corrected chi connectivity index (χ0v) is 12.9. The van der Waals surface area contributed by atoms with Gasteiger partial charge in [0.15, 0.2) is 0 Å². The van der Waals surface area contributed by atoms with E-state index in [2.05, 4.69) is 11.4 Å². The molecule has 0 amide bonds. The molecule has 1 heterocycles. The Morgan fingerprint density at radius 1 is 1.26 bits per heavy atom. The van der Waals surface area contributed by atoms with Crippen LogP contribution in [0.15, 0.2) is 36.4 Å². The normalized spacial score (nSPS) is 12.4. The van der Waals surface area contributed by atoms with Gasteiger partial charge in [0.1, 0.15) is 12.4 Å². The molecule has 1 unspecified atom stereocenters. The standard InChI is InChI=1S/C14H15Cl2NOS/c1-17-11(8-13-5-6-14(16)19-13)9-18-12-4-2-3-10(15)7-12/h2-7,11,17H,8-9H2,1H3. The Labute approximate surface area is 127 Å². The van der Waals surface area contributed by atoms with Crippen molar-refractivity contribution < 1.29 is 4.74 Å². The Bertz CT molecular complexity index is 530. The molecule has 0 bridgehead atoms. The first-order valence-electron chi connectivity index (χ1n) is 5.97. The number of hydrogen-bond donors (Lipinski definition) is 1. The molecule has 102 valence electrons. The van der Waals surface area contributed by atoms with Gasteiger partial charge in [-0.25, -0.2) is 0 Å². The Balaban J connectivity index is 1.89. The first-order chi connectivity index (χ1) is 9.17. The first kappa shape index (κ1) is 14.7. The van der Waals surface area contributed by atoms with Gasteiger partial charge >= 0.3 is 0 Å². The van der Waals surface area contributed by atoms with Gasteiger partial charge in [-0.05, 0) is 37.4 Å². The number of nitrogens with one attached hydrogen (secondary N) is 1. The lowest BCUT2D eigenvalue weighted by Gasteiger charge is -2.16. The second-order valence-electron chi connectivity index (χ2n) is 4.16. The summed E-state index contributed by atoms with van der Waals surface area (Å²) in [6.07, 6.45) is 0.897. The van der Waals surface area contributed by atoms with E-state index in [0.717, 1.165) is 16.5 Å². The average Bonchev–Trinajstić information content (AvgIpc) is 2.80. The van der Waals surface area contributed by atoms with Crippen LogP contribution in [0.3, 0.4) is 0 Å². The van der Waals surface area contributed by atoms with E-state index >= 15 is 0 Å². The summed E-state index contributed by atoms with van der Waals surface area (Å²) >= 11 is 13.5. The van der Waals surface area contributed by atoms with E-state index in [1.807, 2.05) is 37.4 Å². The maximum absolute atomic E-state index is 5.93. The Morgan fingerprint density at radius 3 is 2.74 bits per heavy atom. The van der Waals surface area contributed by atoms with Crippen LogP contribution in [0.5, 0.6) is 5.75 Å². The molecule has 0 fully saturated rings. The minimum absolute atomic E-state index is 0.244. The smallest absolute Gasteiger partial charge is 0.120 e. The predicted octanol–water partition coefficient (Wildman–Crippen LogP) is 4.26. The highest BCUT2D eigenvalue weighted by atomic mass is 35.5. The summed E-state index contributed by atoms with van der Waals surface area (Å²) in [4.78, 5) is 1.25. The van der Waals surface area contributed by atoms with Gasteiger partial charge in [-0.1, -0.05) is 29.3 Å². The van der Waals surface area contributed by atoms with Crippen LogP contribution in [-0.2, 0) is 6.42 Å². The van der Waals surface area contributed by atoms with Gasteiger partial charge in [0.25, 0.3) is 0 Å². The number of benzene rings is 1. The Kier molecular flexibility index (Phi) is 5.52. The monoisotopic (exact) mass is 315 g/mol. The minimum atomic E-state index is 0.244. The maximum Gasteiger partial charge on any atom is 0.120 e. The van der Waals surface area contributed by atoms with E-state index in [0.29, 0.717) is 11.6 Å². The van der Waals surface area contributed by atoms with Crippen LogP contribution < -0.4 is 10.1 Å². The number of hydrogen-bond acceptors (Lipinski definition) is 3. The van der Waals surface area contributed by atoms with Crippen molar-refractivity contribution in [3.8, 4) is 5.75 Å². The van der Waals surface area contributed by atoms with Gasteiger partial charge in [0, 0.05) is 22.4 Å². The van der Waals surface area contributed by atoms with Crippen LogP contribution in [0, 0.1) is 0 Å². The minimum Gasteiger partial charge on any atom is -0.492 e. The van der Waals surface area contributed by atoms with Crippen LogP contribution in [-0.4, -0.2) is 19.7 Å². The molecule has 19 heavy (non-hydrogen) atoms. The summed E-state index contributed by atoms with van der Waals surface area (Å²) in [6, 6.07) is 11.6. The van der Waals surface area contributed by atoms with Gasteiger partial charge in [0.05, 0.1) is 4.34 Å². The largest absolute Gasteiger partial charge is 0.492 e. The summed E-state index contributed by atoms with van der Waals surface area (Å²) in [6.45, 7) is 0.590. The first-order valence-corrected chi connectivity index (χ1v) is 7.54. The van der Waals surface area contributed by atoms with Crippen LogP contribution in [0.2, 0.25) is 9.36 Å². The van der Waals surface area contributed by atoms with E-state index in [-0.39, 0.29) is 6.04 Å². The molecular formula is C14H15Cl2NOS. The fourth-order valence-corrected chi connectivity index (χ4v) is 3.05. The second kappa shape index (κ2) is 7.15. The molecule has 1 atom stereocenters. The number of thiophene rings is 1. The summed E-state index contributed by atoms with van der Waals surface area (Å²) in [5.41, 5.74) is 0. The van der Waals surface area contributed by atoms with Gasteiger partial charge in [-0.15, -0.1) is 11.3 Å². The van der Waals surface area contributed by atoms with Crippen LogP contribution in [0.4, 0.5) is 0 Å². The molecular weight excluding hydrogens is 301 g/mol. The molecule has 1 N–H and O–H groups in total. The molecule has 2 aromatic rings. The third kappa shape index (κ3) is 4.69. The molecule has 0 aliphatic rings. The third-order valence-electron chi connectivity index (χ3n) is 2.73. The van der Waals surface area contributed by atoms with Crippen molar-refractivity contribution in [1.29, 1.82) is 0 Å². The lowest BCUT2D eigenvalue weighted by molar-refractivity contribution is 0.270. The summed E-state index contributed by atoms with van der Waals surface area (Å²) in [5, 5.41) is 3.93. The van der Waals surface area contributed by atoms with E-state index in [9.17, 15) is 0 Å². The highest BCUT2D eigenvalue weighted by Crippen LogP contribution is 2.23. The Morgan fingerprint density at radius 2 is 2.11 bits per heavy atom. The summed E-state index contributed by atoms with van der Waals surface area (Å²) < 4.78 is 6.56. The van der Waals surface area contributed by atoms with Crippen molar-refractivity contribution in [3.63, 3.8) is 0 Å². The number of rotatable bonds is 6. The molecule has 5 heteroatoms. The second-order valence-corrected chi connectivity index (χ2v) is 6.40. The lowest BCUT2D eigenvalue weighted by Crippen LogP contribution is -2.33. The molecule has 0 radical (unpaired) electrons. The van der Waals surface area contributed by atoms with Crippen molar-refractivity contribution >= 4 is 34.5 Å². The van der Waals surface area contributed by atoms with E-state index in [4.69, 9.17) is 27.9 Å². The van der Waals surface area contributed by atoms with Crippen LogP contribution >= 0.6 is 34.5 Å². The van der Waals surface area contributed by atoms with E-state index in [1.165, 1.54) is 4.88 Å².